The molecule has 0 saturated heterocycles. The summed E-state index contributed by atoms with van der Waals surface area (Å²) in [5.74, 6) is 0. The van der Waals surface area contributed by atoms with E-state index in [-0.39, 0.29) is 11.1 Å². The van der Waals surface area contributed by atoms with Crippen LogP contribution in [-0.2, 0) is 0 Å². The van der Waals surface area contributed by atoms with Gasteiger partial charge in [0.15, 0.2) is 0 Å². The van der Waals surface area contributed by atoms with Gasteiger partial charge in [-0.2, -0.15) is 0 Å². The molecule has 0 aliphatic heterocycles. The molecule has 0 N–H and O–H groups in total. The number of hydrogen-bond donors (Lipinski definition) is 0. The Balaban J connectivity index is 1.39. The van der Waals surface area contributed by atoms with Gasteiger partial charge < -0.3 is 9.32 Å². The zero-order chi connectivity index (χ0) is 51.5. The molecule has 0 aliphatic rings. The SMILES string of the molecule is [2H]c1c([2H])c([2H])c(-c2c([2H])c([2H])c(N(c3c([2H])c([2H])c(-c4ccc5sc6ccccc6c5c4)c([2H])c3[2H])c3c([2H])c([2H])c([2H])c4oc5c6c([2H])c([2H])c([2H])c([2H])c6c([2H])c([2H])c5c34)c([2H])c2[2H])c([2H])c1[2H]. The van der Waals surface area contributed by atoms with Gasteiger partial charge in [0.2, 0.25) is 0 Å². The lowest BCUT2D eigenvalue weighted by molar-refractivity contribution is 0.672. The predicted molar refractivity (Wildman–Crippen MR) is 210 cm³/mol. The van der Waals surface area contributed by atoms with E-state index >= 15 is 0 Å². The average Bonchev–Trinajstić information content (AvgIpc) is 3.93. The van der Waals surface area contributed by atoms with Crippen molar-refractivity contribution in [3.63, 3.8) is 0 Å². The van der Waals surface area contributed by atoms with Crippen molar-refractivity contribution in [3.05, 3.63) is 175 Å². The highest BCUT2D eigenvalue weighted by Crippen LogP contribution is 2.45. The number of thiophene rings is 1. The Morgan fingerprint density at radius 3 is 2.00 bits per heavy atom. The maximum Gasteiger partial charge on any atom is 0.143 e. The lowest BCUT2D eigenvalue weighted by Gasteiger charge is -2.26. The minimum atomic E-state index is -1.09. The molecule has 0 saturated carbocycles. The third-order valence-electron chi connectivity index (χ3n) is 8.04. The highest BCUT2D eigenvalue weighted by atomic mass is 32.1. The van der Waals surface area contributed by atoms with Crippen molar-refractivity contribution in [2.45, 2.75) is 0 Å². The molecule has 10 rings (SSSR count). The topological polar surface area (TPSA) is 16.4 Å². The Bertz CT molecular complexity index is 4020. The molecule has 3 heteroatoms. The zero-order valence-electron chi connectivity index (χ0n) is 46.8. The van der Waals surface area contributed by atoms with E-state index in [1.54, 1.807) is 18.2 Å². The lowest BCUT2D eigenvalue weighted by Crippen LogP contribution is -2.10. The van der Waals surface area contributed by atoms with Gasteiger partial charge in [0.05, 0.1) is 41.2 Å². The molecule has 0 spiro atoms. The number of anilines is 3. The summed E-state index contributed by atoms with van der Waals surface area (Å²) in [4.78, 5) is 0.622. The van der Waals surface area contributed by atoms with Gasteiger partial charge in [0, 0.05) is 42.3 Å². The quantitative estimate of drug-likeness (QED) is 0.182. The van der Waals surface area contributed by atoms with Crippen LogP contribution in [0.25, 0.3) is 75.1 Å². The lowest BCUT2D eigenvalue weighted by atomic mass is 10.0. The van der Waals surface area contributed by atoms with E-state index in [2.05, 4.69) is 0 Å². The average molecular weight is 666 g/mol. The van der Waals surface area contributed by atoms with Crippen LogP contribution >= 0.6 is 11.3 Å². The van der Waals surface area contributed by atoms with Crippen molar-refractivity contribution in [2.75, 3.05) is 4.90 Å². The molecule has 0 amide bonds. The largest absolute Gasteiger partial charge is 0.455 e. The summed E-state index contributed by atoms with van der Waals surface area (Å²) in [5, 5.41) is -0.341. The summed E-state index contributed by atoms with van der Waals surface area (Å²) in [5.41, 5.74) is -5.19. The van der Waals surface area contributed by atoms with E-state index < -0.39 is 194 Å². The normalized spacial score (nSPS) is 18.0. The molecule has 49 heavy (non-hydrogen) atoms. The van der Waals surface area contributed by atoms with Crippen LogP contribution in [0.2, 0.25) is 0 Å². The number of benzene rings is 8. The van der Waals surface area contributed by atoms with Crippen LogP contribution in [0.15, 0.2) is 180 Å². The second-order valence-electron chi connectivity index (χ2n) is 10.8. The van der Waals surface area contributed by atoms with Gasteiger partial charge in [0.1, 0.15) is 11.2 Å². The molecule has 0 bridgehead atoms. The Labute approximate surface area is 318 Å². The van der Waals surface area contributed by atoms with Crippen LogP contribution in [0.4, 0.5) is 17.1 Å². The fourth-order valence-corrected chi connectivity index (χ4v) is 6.90. The molecule has 0 radical (unpaired) electrons. The van der Waals surface area contributed by atoms with Crippen LogP contribution in [0.3, 0.4) is 0 Å². The van der Waals surface area contributed by atoms with Gasteiger partial charge in [-0.1, -0.05) is 115 Å². The first-order chi connectivity index (χ1) is 33.5. The minimum Gasteiger partial charge on any atom is -0.455 e. The number of hydrogen-bond acceptors (Lipinski definition) is 3. The van der Waals surface area contributed by atoms with Crippen molar-refractivity contribution >= 4 is 81.3 Å². The van der Waals surface area contributed by atoms with Gasteiger partial charge in [-0.05, 0) is 88.1 Å². The number of nitrogens with zero attached hydrogens (tertiary/aromatic N) is 1. The first-order valence-corrected chi connectivity index (χ1v) is 15.6. The molecule has 2 aromatic heterocycles. The monoisotopic (exact) mass is 665 g/mol. The molecule has 0 aliphatic carbocycles. The van der Waals surface area contributed by atoms with Crippen LogP contribution in [0.5, 0.6) is 0 Å². The zero-order valence-corrected chi connectivity index (χ0v) is 25.6. The molecule has 0 atom stereocenters. The van der Waals surface area contributed by atoms with Crippen molar-refractivity contribution in [1.82, 2.24) is 0 Å². The Kier molecular flexibility index (Phi) is 3.15. The van der Waals surface area contributed by atoms with Crippen molar-refractivity contribution in [3.8, 4) is 22.3 Å². The van der Waals surface area contributed by atoms with Crippen molar-refractivity contribution in [2.24, 2.45) is 0 Å². The van der Waals surface area contributed by atoms with E-state index in [1.807, 2.05) is 24.3 Å². The van der Waals surface area contributed by atoms with E-state index in [9.17, 15) is 13.7 Å². The van der Waals surface area contributed by atoms with E-state index in [1.165, 1.54) is 11.3 Å². The maximum atomic E-state index is 9.67. The molecule has 0 unspecified atom stereocenters. The van der Waals surface area contributed by atoms with Crippen LogP contribution in [0.1, 0.15) is 30.2 Å². The summed E-state index contributed by atoms with van der Waals surface area (Å²) < 4.78 is 206. The van der Waals surface area contributed by atoms with Crippen LogP contribution in [-0.4, -0.2) is 0 Å². The molecular weight excluding hydrogens is 615 g/mol. The highest BCUT2D eigenvalue weighted by molar-refractivity contribution is 7.25. The van der Waals surface area contributed by atoms with Gasteiger partial charge in [-0.25, -0.2) is 0 Å². The molecule has 0 fully saturated rings. The number of furan rings is 1. The summed E-state index contributed by atoms with van der Waals surface area (Å²) in [7, 11) is 0. The molecule has 10 aromatic rings. The van der Waals surface area contributed by atoms with E-state index in [0.29, 0.717) is 4.90 Å². The molecular formula is C46H29NOS. The molecule has 8 aromatic carbocycles. The number of fused-ring (bicyclic) bond motifs is 8. The molecule has 230 valence electrons. The smallest absolute Gasteiger partial charge is 0.143 e. The highest BCUT2D eigenvalue weighted by Gasteiger charge is 2.20. The Morgan fingerprint density at radius 2 is 1.18 bits per heavy atom. The fourth-order valence-electron chi connectivity index (χ4n) is 5.82. The van der Waals surface area contributed by atoms with E-state index in [4.69, 9.17) is 20.9 Å². The standard InChI is InChI=1S/C46H29NOS/c1-2-9-30(10-3-1)31-17-23-35(24-18-31)47(41-14-8-15-42-45(41)39-27-21-33-11-4-5-12-37(33)46(39)48-42)36-25-19-32(20-26-36)34-22-28-44-40(29-34)38-13-6-7-16-43(38)49-44/h1-29H/i1D,2D,3D,4D,5D,8D,9D,10D,11D,12D,14D,15D,17D,18D,19D,20D,21D,23D,24D,25D,26D,27D. The first-order valence-electron chi connectivity index (χ1n) is 25.8. The van der Waals surface area contributed by atoms with Gasteiger partial charge in [-0.15, -0.1) is 11.3 Å². The summed E-state index contributed by atoms with van der Waals surface area (Å²) in [6.07, 6.45) is 0. The second kappa shape index (κ2) is 11.2. The van der Waals surface area contributed by atoms with Gasteiger partial charge >= 0.3 is 0 Å². The molecule has 2 heterocycles. The third-order valence-corrected chi connectivity index (χ3v) is 9.19. The maximum absolute atomic E-state index is 9.67. The van der Waals surface area contributed by atoms with Crippen molar-refractivity contribution < 1.29 is 34.6 Å². The Hall–Kier alpha value is -6.16. The van der Waals surface area contributed by atoms with Crippen molar-refractivity contribution in [1.29, 1.82) is 0 Å². The Morgan fingerprint density at radius 1 is 0.490 bits per heavy atom. The van der Waals surface area contributed by atoms with E-state index in [0.717, 1.165) is 20.2 Å². The third kappa shape index (κ3) is 4.62. The second-order valence-corrected chi connectivity index (χ2v) is 11.9. The first kappa shape index (κ1) is 13.8. The molecule has 2 nitrogen and oxygen atoms in total. The van der Waals surface area contributed by atoms with Crippen LogP contribution < -0.4 is 4.90 Å². The minimum absolute atomic E-state index is 0.211. The predicted octanol–water partition coefficient (Wildman–Crippen LogP) is 13.9. The van der Waals surface area contributed by atoms with Gasteiger partial charge in [0.25, 0.3) is 0 Å². The fraction of sp³-hybridized carbons (Fsp3) is 0. The summed E-state index contributed by atoms with van der Waals surface area (Å²) >= 11 is 1.50. The summed E-state index contributed by atoms with van der Waals surface area (Å²) in [6, 6.07) is -6.41. The summed E-state index contributed by atoms with van der Waals surface area (Å²) in [6.45, 7) is 0. The number of rotatable bonds is 5. The van der Waals surface area contributed by atoms with Gasteiger partial charge in [-0.3, -0.25) is 0 Å². The van der Waals surface area contributed by atoms with Crippen LogP contribution in [0, 0.1) is 0 Å².